The first-order valence-corrected chi connectivity index (χ1v) is 10.1. The first-order valence-electron chi connectivity index (χ1n) is 10.1. The van der Waals surface area contributed by atoms with Gasteiger partial charge in [0.25, 0.3) is 5.56 Å². The third-order valence-electron chi connectivity index (χ3n) is 5.23. The standard InChI is InChI=1S/C23H27N3O3/c1-15(2)23(17-8-9-19-20(12-17)29-11-5-10-28-19)24-14-18-13-22(27)26-16(3)6-4-7-21(26)25-18/h4,6-9,12-13,15,23-24H,5,10-11,14H2,1-3H3/t23-/m0/s1. The van der Waals surface area contributed by atoms with Crippen LogP contribution in [0.5, 0.6) is 11.5 Å². The molecule has 0 spiro atoms. The molecule has 0 unspecified atom stereocenters. The van der Waals surface area contributed by atoms with E-state index in [9.17, 15) is 4.79 Å². The summed E-state index contributed by atoms with van der Waals surface area (Å²) in [7, 11) is 0. The van der Waals surface area contributed by atoms with E-state index < -0.39 is 0 Å². The number of nitrogens with zero attached hydrogens (tertiary/aromatic N) is 2. The van der Waals surface area contributed by atoms with Crippen LogP contribution in [0.25, 0.3) is 5.65 Å². The minimum absolute atomic E-state index is 0.0541. The quantitative estimate of drug-likeness (QED) is 0.717. The molecule has 1 aliphatic rings. The van der Waals surface area contributed by atoms with E-state index in [4.69, 9.17) is 9.47 Å². The topological polar surface area (TPSA) is 64.9 Å². The summed E-state index contributed by atoms with van der Waals surface area (Å²) in [6, 6.07) is 13.5. The first-order chi connectivity index (χ1) is 14.0. The molecule has 0 bridgehead atoms. The number of fused-ring (bicyclic) bond motifs is 2. The summed E-state index contributed by atoms with van der Waals surface area (Å²) in [5.74, 6) is 1.95. The molecule has 0 fully saturated rings. The van der Waals surface area contributed by atoms with Gasteiger partial charge in [0, 0.05) is 30.8 Å². The maximum Gasteiger partial charge on any atom is 0.258 e. The summed E-state index contributed by atoms with van der Waals surface area (Å²) in [6.07, 6.45) is 0.887. The number of ether oxygens (including phenoxy) is 2. The van der Waals surface area contributed by atoms with Crippen molar-refractivity contribution in [2.75, 3.05) is 13.2 Å². The van der Waals surface area contributed by atoms with Crippen LogP contribution in [-0.4, -0.2) is 22.6 Å². The van der Waals surface area contributed by atoms with Gasteiger partial charge in [0.2, 0.25) is 0 Å². The molecule has 29 heavy (non-hydrogen) atoms. The van der Waals surface area contributed by atoms with E-state index in [1.165, 1.54) is 0 Å². The van der Waals surface area contributed by atoms with Crippen LogP contribution in [-0.2, 0) is 6.54 Å². The summed E-state index contributed by atoms with van der Waals surface area (Å²) in [5, 5.41) is 3.57. The van der Waals surface area contributed by atoms with Crippen molar-refractivity contribution in [1.82, 2.24) is 14.7 Å². The van der Waals surface area contributed by atoms with E-state index in [-0.39, 0.29) is 11.6 Å². The number of aryl methyl sites for hydroxylation is 1. The normalized spacial score (nSPS) is 14.8. The van der Waals surface area contributed by atoms with Crippen molar-refractivity contribution in [2.45, 2.75) is 39.8 Å². The molecule has 4 rings (SSSR count). The Hall–Kier alpha value is -2.86. The van der Waals surface area contributed by atoms with Gasteiger partial charge in [0.1, 0.15) is 5.65 Å². The zero-order valence-electron chi connectivity index (χ0n) is 17.1. The summed E-state index contributed by atoms with van der Waals surface area (Å²) < 4.78 is 13.2. The predicted octanol–water partition coefficient (Wildman–Crippen LogP) is 3.65. The predicted molar refractivity (Wildman–Crippen MR) is 113 cm³/mol. The Labute approximate surface area is 170 Å². The molecule has 1 aliphatic heterocycles. The van der Waals surface area contributed by atoms with E-state index in [1.54, 1.807) is 10.5 Å². The van der Waals surface area contributed by atoms with Crippen molar-refractivity contribution in [3.05, 3.63) is 69.8 Å². The van der Waals surface area contributed by atoms with E-state index >= 15 is 0 Å². The fraction of sp³-hybridized carbons (Fsp3) is 0.391. The summed E-state index contributed by atoms with van der Waals surface area (Å²) >= 11 is 0. The highest BCUT2D eigenvalue weighted by Crippen LogP contribution is 2.34. The van der Waals surface area contributed by atoms with Crippen LogP contribution in [0.3, 0.4) is 0 Å². The van der Waals surface area contributed by atoms with Gasteiger partial charge in [-0.2, -0.15) is 0 Å². The molecular formula is C23H27N3O3. The molecule has 3 heterocycles. The highest BCUT2D eigenvalue weighted by Gasteiger charge is 2.19. The van der Waals surface area contributed by atoms with Crippen LogP contribution >= 0.6 is 0 Å². The number of benzene rings is 1. The summed E-state index contributed by atoms with van der Waals surface area (Å²) in [6.45, 7) is 8.12. The van der Waals surface area contributed by atoms with Gasteiger partial charge in [-0.25, -0.2) is 4.98 Å². The van der Waals surface area contributed by atoms with Gasteiger partial charge >= 0.3 is 0 Å². The maximum absolute atomic E-state index is 12.5. The molecule has 6 nitrogen and oxygen atoms in total. The lowest BCUT2D eigenvalue weighted by atomic mass is 9.95. The van der Waals surface area contributed by atoms with Crippen molar-refractivity contribution in [1.29, 1.82) is 0 Å². The van der Waals surface area contributed by atoms with E-state index in [0.29, 0.717) is 31.3 Å². The van der Waals surface area contributed by atoms with Gasteiger partial charge in [-0.05, 0) is 42.7 Å². The number of hydrogen-bond acceptors (Lipinski definition) is 5. The van der Waals surface area contributed by atoms with Gasteiger partial charge in [-0.1, -0.05) is 26.0 Å². The molecule has 0 radical (unpaired) electrons. The molecule has 1 atom stereocenters. The largest absolute Gasteiger partial charge is 0.490 e. The Morgan fingerprint density at radius 3 is 2.69 bits per heavy atom. The van der Waals surface area contributed by atoms with E-state index in [1.807, 2.05) is 31.2 Å². The number of nitrogens with one attached hydrogen (secondary N) is 1. The fourth-order valence-corrected chi connectivity index (χ4v) is 3.78. The minimum atomic E-state index is -0.0541. The average Bonchev–Trinajstić information content (AvgIpc) is 2.92. The van der Waals surface area contributed by atoms with Gasteiger partial charge in [0.15, 0.2) is 11.5 Å². The molecule has 0 amide bonds. The van der Waals surface area contributed by atoms with Crippen LogP contribution in [0, 0.1) is 12.8 Å². The smallest absolute Gasteiger partial charge is 0.258 e. The zero-order valence-corrected chi connectivity index (χ0v) is 17.1. The molecule has 6 heteroatoms. The van der Waals surface area contributed by atoms with Crippen molar-refractivity contribution >= 4 is 5.65 Å². The molecule has 1 N–H and O–H groups in total. The molecule has 3 aromatic rings. The molecular weight excluding hydrogens is 366 g/mol. The highest BCUT2D eigenvalue weighted by atomic mass is 16.5. The first kappa shape index (κ1) is 19.5. The Bertz CT molecular complexity index is 1070. The molecule has 2 aromatic heterocycles. The van der Waals surface area contributed by atoms with Crippen LogP contribution in [0.1, 0.15) is 43.3 Å². The minimum Gasteiger partial charge on any atom is -0.490 e. The Balaban J connectivity index is 1.58. The Kier molecular flexibility index (Phi) is 5.53. The van der Waals surface area contributed by atoms with Crippen molar-refractivity contribution in [2.24, 2.45) is 5.92 Å². The van der Waals surface area contributed by atoms with Crippen LogP contribution in [0.4, 0.5) is 0 Å². The SMILES string of the molecule is Cc1cccc2nc(CN[C@H](c3ccc4c(c3)OCCCO4)C(C)C)cc(=O)n12. The Morgan fingerprint density at radius 2 is 1.90 bits per heavy atom. The van der Waals surface area contributed by atoms with Gasteiger partial charge in [-0.15, -0.1) is 0 Å². The number of rotatable bonds is 5. The number of hydrogen-bond donors (Lipinski definition) is 1. The second-order valence-electron chi connectivity index (χ2n) is 7.81. The van der Waals surface area contributed by atoms with E-state index in [0.717, 1.165) is 34.9 Å². The zero-order chi connectivity index (χ0) is 20.4. The summed E-state index contributed by atoms with van der Waals surface area (Å²) in [5.41, 5.74) is 3.37. The highest BCUT2D eigenvalue weighted by molar-refractivity contribution is 5.44. The molecule has 152 valence electrons. The van der Waals surface area contributed by atoms with Crippen molar-refractivity contribution in [3.63, 3.8) is 0 Å². The van der Waals surface area contributed by atoms with Crippen LogP contribution in [0.15, 0.2) is 47.3 Å². The lowest BCUT2D eigenvalue weighted by Crippen LogP contribution is -2.27. The lowest BCUT2D eigenvalue weighted by molar-refractivity contribution is 0.296. The molecule has 1 aromatic carbocycles. The Morgan fingerprint density at radius 1 is 1.10 bits per heavy atom. The van der Waals surface area contributed by atoms with Crippen LogP contribution in [0.2, 0.25) is 0 Å². The van der Waals surface area contributed by atoms with Crippen molar-refractivity contribution in [3.8, 4) is 11.5 Å². The number of pyridine rings is 1. The van der Waals surface area contributed by atoms with Gasteiger partial charge in [-0.3, -0.25) is 9.20 Å². The second-order valence-corrected chi connectivity index (χ2v) is 7.81. The van der Waals surface area contributed by atoms with Crippen molar-refractivity contribution < 1.29 is 9.47 Å². The third kappa shape index (κ3) is 4.12. The van der Waals surface area contributed by atoms with Gasteiger partial charge in [0.05, 0.1) is 18.9 Å². The monoisotopic (exact) mass is 393 g/mol. The molecule has 0 aliphatic carbocycles. The van der Waals surface area contributed by atoms with Gasteiger partial charge < -0.3 is 14.8 Å². The molecule has 0 saturated heterocycles. The van der Waals surface area contributed by atoms with Crippen LogP contribution < -0.4 is 20.3 Å². The fourth-order valence-electron chi connectivity index (χ4n) is 3.78. The summed E-state index contributed by atoms with van der Waals surface area (Å²) in [4.78, 5) is 17.2. The molecule has 0 saturated carbocycles. The number of aromatic nitrogens is 2. The third-order valence-corrected chi connectivity index (χ3v) is 5.23. The maximum atomic E-state index is 12.5. The van der Waals surface area contributed by atoms with E-state index in [2.05, 4.69) is 36.3 Å². The second kappa shape index (κ2) is 8.25. The lowest BCUT2D eigenvalue weighted by Gasteiger charge is -2.24. The average molecular weight is 393 g/mol.